The van der Waals surface area contributed by atoms with Gasteiger partial charge in [-0.25, -0.2) is 4.39 Å². The molecule has 0 saturated heterocycles. The van der Waals surface area contributed by atoms with E-state index in [2.05, 4.69) is 10.4 Å². The Kier molecular flexibility index (Phi) is 6.33. The van der Waals surface area contributed by atoms with Crippen LogP contribution in [0.3, 0.4) is 0 Å². The zero-order valence-corrected chi connectivity index (χ0v) is 15.8. The quantitative estimate of drug-likeness (QED) is 0.617. The maximum atomic E-state index is 12.9. The van der Waals surface area contributed by atoms with Crippen molar-refractivity contribution in [3.8, 4) is 0 Å². The molecular formula is C21H20FN3O4. The van der Waals surface area contributed by atoms with Gasteiger partial charge in [-0.3, -0.25) is 19.1 Å². The molecule has 1 aromatic heterocycles. The molecule has 7 nitrogen and oxygen atoms in total. The van der Waals surface area contributed by atoms with Gasteiger partial charge in [0.1, 0.15) is 5.82 Å². The highest BCUT2D eigenvalue weighted by atomic mass is 19.1. The molecule has 1 N–H and O–H groups in total. The maximum Gasteiger partial charge on any atom is 0.308 e. The molecule has 0 saturated carbocycles. The van der Waals surface area contributed by atoms with E-state index in [1.165, 1.54) is 25.3 Å². The van der Waals surface area contributed by atoms with Crippen LogP contribution < -0.4 is 10.7 Å². The Morgan fingerprint density at radius 3 is 2.66 bits per heavy atom. The predicted octanol–water partition coefficient (Wildman–Crippen LogP) is 2.17. The monoisotopic (exact) mass is 397 g/mol. The number of hydrogen-bond donors (Lipinski definition) is 1. The number of esters is 1. The lowest BCUT2D eigenvalue weighted by Gasteiger charge is -2.14. The van der Waals surface area contributed by atoms with Crippen molar-refractivity contribution in [2.45, 2.75) is 32.5 Å². The van der Waals surface area contributed by atoms with Gasteiger partial charge in [-0.2, -0.15) is 5.10 Å². The maximum absolute atomic E-state index is 12.9. The number of amides is 1. The van der Waals surface area contributed by atoms with Crippen LogP contribution in [0.4, 0.5) is 4.39 Å². The van der Waals surface area contributed by atoms with E-state index in [1.807, 2.05) is 0 Å². The normalized spacial score (nSPS) is 11.8. The number of nitrogens with zero attached hydrogens (tertiary/aromatic N) is 2. The van der Waals surface area contributed by atoms with Crippen LogP contribution in [-0.2, 0) is 27.4 Å². The molecule has 0 fully saturated rings. The number of benzene rings is 2. The highest BCUT2D eigenvalue weighted by Gasteiger charge is 2.17. The average molecular weight is 397 g/mol. The first-order valence-corrected chi connectivity index (χ1v) is 9.10. The Bertz CT molecular complexity index is 1080. The Morgan fingerprint density at radius 2 is 1.90 bits per heavy atom. The van der Waals surface area contributed by atoms with E-state index in [-0.39, 0.29) is 30.8 Å². The van der Waals surface area contributed by atoms with Crippen LogP contribution >= 0.6 is 0 Å². The first kappa shape index (κ1) is 20.2. The molecule has 0 spiro atoms. The van der Waals surface area contributed by atoms with Crippen LogP contribution in [0.2, 0.25) is 0 Å². The van der Waals surface area contributed by atoms with Crippen molar-refractivity contribution >= 4 is 22.8 Å². The minimum atomic E-state index is -0.971. The van der Waals surface area contributed by atoms with E-state index in [0.717, 1.165) is 5.56 Å². The molecule has 1 atom stereocenters. The van der Waals surface area contributed by atoms with Gasteiger partial charge in [0, 0.05) is 11.9 Å². The van der Waals surface area contributed by atoms with Gasteiger partial charge in [-0.05, 0) is 36.8 Å². The number of carbonyl (C=O) groups excluding carboxylic acids is 2. The largest absolute Gasteiger partial charge is 0.452 e. The third-order valence-corrected chi connectivity index (χ3v) is 4.35. The van der Waals surface area contributed by atoms with Gasteiger partial charge in [0.2, 0.25) is 5.43 Å². The van der Waals surface area contributed by atoms with Gasteiger partial charge in [0.25, 0.3) is 5.91 Å². The lowest BCUT2D eigenvalue weighted by Crippen LogP contribution is -2.35. The number of hydrogen-bond acceptors (Lipinski definition) is 5. The van der Waals surface area contributed by atoms with Gasteiger partial charge >= 0.3 is 5.97 Å². The molecule has 1 heterocycles. The molecule has 0 aliphatic heterocycles. The summed E-state index contributed by atoms with van der Waals surface area (Å²) in [6.07, 6.45) is 0.232. The van der Waals surface area contributed by atoms with Gasteiger partial charge in [-0.1, -0.05) is 24.3 Å². The second-order valence-electron chi connectivity index (χ2n) is 6.48. The number of ether oxygens (including phenoxy) is 1. The average Bonchev–Trinajstić information content (AvgIpc) is 2.73. The summed E-state index contributed by atoms with van der Waals surface area (Å²) >= 11 is 0. The van der Waals surface area contributed by atoms with E-state index < -0.39 is 18.0 Å². The van der Waals surface area contributed by atoms with Crippen LogP contribution in [0.5, 0.6) is 0 Å². The zero-order chi connectivity index (χ0) is 20.8. The summed E-state index contributed by atoms with van der Waals surface area (Å²) in [4.78, 5) is 36.0. The van der Waals surface area contributed by atoms with Crippen LogP contribution in [0.15, 0.2) is 59.5 Å². The number of para-hydroxylation sites is 1. The molecule has 1 amide bonds. The molecule has 3 rings (SSSR count). The van der Waals surface area contributed by atoms with Crippen LogP contribution in [0.25, 0.3) is 10.9 Å². The van der Waals surface area contributed by atoms with E-state index in [4.69, 9.17) is 4.74 Å². The SMILES string of the molecule is C[C@@H](OC(=O)CCn1ncc(=O)c2ccccc21)C(=O)NCc1ccc(F)cc1. The van der Waals surface area contributed by atoms with Crippen molar-refractivity contribution in [1.82, 2.24) is 15.1 Å². The fraction of sp³-hybridized carbons (Fsp3) is 0.238. The third-order valence-electron chi connectivity index (χ3n) is 4.35. The summed E-state index contributed by atoms with van der Waals surface area (Å²) in [5.41, 5.74) is 1.17. The second-order valence-corrected chi connectivity index (χ2v) is 6.48. The van der Waals surface area contributed by atoms with Gasteiger partial charge in [0.15, 0.2) is 6.10 Å². The van der Waals surface area contributed by atoms with Crippen molar-refractivity contribution in [2.24, 2.45) is 0 Å². The molecule has 3 aromatic rings. The van der Waals surface area contributed by atoms with Crippen molar-refractivity contribution in [3.05, 3.63) is 76.3 Å². The second kappa shape index (κ2) is 9.09. The highest BCUT2D eigenvalue weighted by Crippen LogP contribution is 2.09. The van der Waals surface area contributed by atoms with E-state index in [1.54, 1.807) is 41.1 Å². The first-order valence-electron chi connectivity index (χ1n) is 9.10. The van der Waals surface area contributed by atoms with Crippen molar-refractivity contribution in [3.63, 3.8) is 0 Å². The highest BCUT2D eigenvalue weighted by molar-refractivity contribution is 5.83. The Hall–Kier alpha value is -3.55. The zero-order valence-electron chi connectivity index (χ0n) is 15.8. The summed E-state index contributed by atoms with van der Waals surface area (Å²) in [7, 11) is 0. The predicted molar refractivity (Wildman–Crippen MR) is 104 cm³/mol. The third kappa shape index (κ3) is 5.25. The molecule has 8 heteroatoms. The Labute approximate surface area is 166 Å². The fourth-order valence-corrected chi connectivity index (χ4v) is 2.78. The van der Waals surface area contributed by atoms with Crippen LogP contribution in [0.1, 0.15) is 18.9 Å². The molecule has 2 aromatic carbocycles. The topological polar surface area (TPSA) is 90.3 Å². The first-order chi connectivity index (χ1) is 13.9. The molecule has 150 valence electrons. The van der Waals surface area contributed by atoms with E-state index >= 15 is 0 Å². The van der Waals surface area contributed by atoms with Gasteiger partial charge < -0.3 is 10.1 Å². The Balaban J connectivity index is 1.51. The summed E-state index contributed by atoms with van der Waals surface area (Å²) in [5.74, 6) is -1.36. The molecule has 0 aliphatic carbocycles. The minimum absolute atomic E-state index is 0.00452. The molecule has 0 unspecified atom stereocenters. The minimum Gasteiger partial charge on any atom is -0.452 e. The standard InChI is InChI=1S/C21H20FN3O4/c1-14(21(28)23-12-15-6-8-16(22)9-7-15)29-20(27)10-11-25-18-5-3-2-4-17(18)19(26)13-24-25/h2-9,13-14H,10-12H2,1H3,(H,23,28)/t14-/m1/s1. The summed E-state index contributed by atoms with van der Waals surface area (Å²) < 4.78 is 19.6. The molecule has 0 radical (unpaired) electrons. The lowest BCUT2D eigenvalue weighted by atomic mass is 10.2. The Morgan fingerprint density at radius 1 is 1.17 bits per heavy atom. The summed E-state index contributed by atoms with van der Waals surface area (Å²) in [5, 5.41) is 7.21. The number of carbonyl (C=O) groups is 2. The molecule has 0 bridgehead atoms. The number of fused-ring (bicyclic) bond motifs is 1. The smallest absolute Gasteiger partial charge is 0.308 e. The summed E-state index contributed by atoms with van der Waals surface area (Å²) in [6, 6.07) is 12.7. The van der Waals surface area contributed by atoms with Gasteiger partial charge in [0.05, 0.1) is 24.7 Å². The van der Waals surface area contributed by atoms with E-state index in [0.29, 0.717) is 10.9 Å². The molecule has 29 heavy (non-hydrogen) atoms. The number of aryl methyl sites for hydroxylation is 1. The molecular weight excluding hydrogens is 377 g/mol. The van der Waals surface area contributed by atoms with Gasteiger partial charge in [-0.15, -0.1) is 0 Å². The number of rotatable bonds is 7. The fourth-order valence-electron chi connectivity index (χ4n) is 2.78. The van der Waals surface area contributed by atoms with Crippen molar-refractivity contribution < 1.29 is 18.7 Å². The van der Waals surface area contributed by atoms with Crippen LogP contribution in [-0.4, -0.2) is 27.8 Å². The molecule has 0 aliphatic rings. The van der Waals surface area contributed by atoms with E-state index in [9.17, 15) is 18.8 Å². The number of aromatic nitrogens is 2. The number of nitrogens with one attached hydrogen (secondary N) is 1. The summed E-state index contributed by atoms with van der Waals surface area (Å²) in [6.45, 7) is 1.89. The van der Waals surface area contributed by atoms with Crippen molar-refractivity contribution in [2.75, 3.05) is 0 Å². The van der Waals surface area contributed by atoms with Crippen LogP contribution in [0, 0.1) is 5.82 Å². The van der Waals surface area contributed by atoms with Crippen molar-refractivity contribution in [1.29, 1.82) is 0 Å². The number of halogens is 1. The lowest BCUT2D eigenvalue weighted by molar-refractivity contribution is -0.155.